The van der Waals surface area contributed by atoms with Crippen LogP contribution >= 0.6 is 0 Å². The SMILES string of the molecule is O=C(NC[C@H]1OC[C@@H](NCc2ccccn2)[C@@H]1O)c1ccc(F)cc1. The van der Waals surface area contributed by atoms with E-state index in [9.17, 15) is 14.3 Å². The number of halogens is 1. The van der Waals surface area contributed by atoms with E-state index in [0.29, 0.717) is 18.7 Å². The molecule has 7 heteroatoms. The van der Waals surface area contributed by atoms with Gasteiger partial charge in [-0.3, -0.25) is 9.78 Å². The summed E-state index contributed by atoms with van der Waals surface area (Å²) < 4.78 is 18.4. The molecule has 6 nitrogen and oxygen atoms in total. The zero-order chi connectivity index (χ0) is 17.6. The molecule has 3 rings (SSSR count). The lowest BCUT2D eigenvalue weighted by atomic mass is 10.1. The largest absolute Gasteiger partial charge is 0.389 e. The van der Waals surface area contributed by atoms with Crippen LogP contribution in [0.2, 0.25) is 0 Å². The van der Waals surface area contributed by atoms with Gasteiger partial charge < -0.3 is 20.5 Å². The number of amides is 1. The molecule has 1 aliphatic rings. The molecule has 1 aliphatic heterocycles. The average Bonchev–Trinajstić information content (AvgIpc) is 2.99. The maximum Gasteiger partial charge on any atom is 0.251 e. The molecule has 0 aliphatic carbocycles. The monoisotopic (exact) mass is 345 g/mol. The number of hydrogen-bond acceptors (Lipinski definition) is 5. The van der Waals surface area contributed by atoms with Gasteiger partial charge in [-0.25, -0.2) is 4.39 Å². The molecular formula is C18H20FN3O3. The highest BCUT2D eigenvalue weighted by Gasteiger charge is 2.35. The van der Waals surface area contributed by atoms with Gasteiger partial charge in [0.25, 0.3) is 5.91 Å². The Labute approximate surface area is 145 Å². The number of ether oxygens (including phenoxy) is 1. The van der Waals surface area contributed by atoms with Crippen LogP contribution in [0.15, 0.2) is 48.7 Å². The average molecular weight is 345 g/mol. The normalized spacial score (nSPS) is 22.7. The van der Waals surface area contributed by atoms with Crippen LogP contribution in [-0.2, 0) is 11.3 Å². The van der Waals surface area contributed by atoms with Crippen molar-refractivity contribution in [1.29, 1.82) is 0 Å². The van der Waals surface area contributed by atoms with Gasteiger partial charge in [-0.2, -0.15) is 0 Å². The number of aliphatic hydroxyl groups is 1. The first-order valence-electron chi connectivity index (χ1n) is 8.10. The summed E-state index contributed by atoms with van der Waals surface area (Å²) >= 11 is 0. The third-order valence-corrected chi connectivity index (χ3v) is 4.12. The van der Waals surface area contributed by atoms with Gasteiger partial charge in [0.2, 0.25) is 0 Å². The topological polar surface area (TPSA) is 83.5 Å². The lowest BCUT2D eigenvalue weighted by Gasteiger charge is -2.18. The van der Waals surface area contributed by atoms with Crippen molar-refractivity contribution in [1.82, 2.24) is 15.6 Å². The summed E-state index contributed by atoms with van der Waals surface area (Å²) in [4.78, 5) is 16.2. The summed E-state index contributed by atoms with van der Waals surface area (Å²) in [5.41, 5.74) is 1.24. The Morgan fingerprint density at radius 3 is 2.80 bits per heavy atom. The Morgan fingerprint density at radius 1 is 1.28 bits per heavy atom. The van der Waals surface area contributed by atoms with Crippen molar-refractivity contribution in [3.63, 3.8) is 0 Å². The Kier molecular flexibility index (Phi) is 5.70. The lowest BCUT2D eigenvalue weighted by molar-refractivity contribution is 0.0398. The standard InChI is InChI=1S/C18H20FN3O3/c19-13-6-4-12(5-7-13)18(24)22-10-16-17(23)15(11-25-16)21-9-14-3-1-2-8-20-14/h1-8,15-17,21,23H,9-11H2,(H,22,24)/t15-,16-,17+/m1/s1. The molecular weight excluding hydrogens is 325 g/mol. The quantitative estimate of drug-likeness (QED) is 0.724. The number of aliphatic hydroxyl groups excluding tert-OH is 1. The molecule has 3 atom stereocenters. The molecule has 1 saturated heterocycles. The van der Waals surface area contributed by atoms with Crippen LogP contribution in [0.3, 0.4) is 0 Å². The van der Waals surface area contributed by atoms with Crippen LogP contribution < -0.4 is 10.6 Å². The maximum atomic E-state index is 12.9. The summed E-state index contributed by atoms with van der Waals surface area (Å²) in [6.45, 7) is 1.06. The van der Waals surface area contributed by atoms with Crippen molar-refractivity contribution in [2.75, 3.05) is 13.2 Å². The number of rotatable bonds is 6. The summed E-state index contributed by atoms with van der Waals surface area (Å²) in [6.07, 6.45) is 0.481. The minimum Gasteiger partial charge on any atom is -0.389 e. The van der Waals surface area contributed by atoms with Crippen molar-refractivity contribution in [3.8, 4) is 0 Å². The predicted molar refractivity (Wildman–Crippen MR) is 89.3 cm³/mol. The minimum absolute atomic E-state index is 0.180. The molecule has 1 amide bonds. The second-order valence-corrected chi connectivity index (χ2v) is 5.89. The summed E-state index contributed by atoms with van der Waals surface area (Å²) in [5.74, 6) is -0.728. The number of pyridine rings is 1. The van der Waals surface area contributed by atoms with Crippen LogP contribution in [0.4, 0.5) is 4.39 Å². The number of carbonyl (C=O) groups excluding carboxylic acids is 1. The molecule has 0 radical (unpaired) electrons. The molecule has 2 heterocycles. The molecule has 25 heavy (non-hydrogen) atoms. The Hall–Kier alpha value is -2.35. The number of aromatic nitrogens is 1. The van der Waals surface area contributed by atoms with E-state index in [2.05, 4.69) is 15.6 Å². The van der Waals surface area contributed by atoms with Gasteiger partial charge in [0.1, 0.15) is 11.9 Å². The third-order valence-electron chi connectivity index (χ3n) is 4.12. The molecule has 132 valence electrons. The molecule has 0 spiro atoms. The van der Waals surface area contributed by atoms with Crippen LogP contribution in [0.25, 0.3) is 0 Å². The van der Waals surface area contributed by atoms with E-state index >= 15 is 0 Å². The molecule has 1 aromatic heterocycles. The van der Waals surface area contributed by atoms with Gasteiger partial charge in [0, 0.05) is 24.8 Å². The van der Waals surface area contributed by atoms with Gasteiger partial charge in [-0.1, -0.05) is 6.07 Å². The van der Waals surface area contributed by atoms with Crippen molar-refractivity contribution in [2.45, 2.75) is 24.8 Å². The van der Waals surface area contributed by atoms with Crippen LogP contribution in [0.5, 0.6) is 0 Å². The van der Waals surface area contributed by atoms with E-state index < -0.39 is 18.0 Å². The number of benzene rings is 1. The van der Waals surface area contributed by atoms with Crippen molar-refractivity contribution >= 4 is 5.91 Å². The highest BCUT2D eigenvalue weighted by atomic mass is 19.1. The highest BCUT2D eigenvalue weighted by Crippen LogP contribution is 2.14. The maximum absolute atomic E-state index is 12.9. The summed E-state index contributed by atoms with van der Waals surface area (Å²) in [6, 6.07) is 10.7. The van der Waals surface area contributed by atoms with Gasteiger partial charge >= 0.3 is 0 Å². The van der Waals surface area contributed by atoms with Gasteiger partial charge in [-0.15, -0.1) is 0 Å². The third kappa shape index (κ3) is 4.60. The van der Waals surface area contributed by atoms with E-state index in [1.54, 1.807) is 6.20 Å². The van der Waals surface area contributed by atoms with Crippen molar-refractivity contribution in [3.05, 3.63) is 65.7 Å². The summed E-state index contributed by atoms with van der Waals surface area (Å²) in [7, 11) is 0. The molecule has 0 bridgehead atoms. The fourth-order valence-corrected chi connectivity index (χ4v) is 2.68. The van der Waals surface area contributed by atoms with Gasteiger partial charge in [-0.05, 0) is 36.4 Å². The van der Waals surface area contributed by atoms with E-state index in [1.165, 1.54) is 24.3 Å². The predicted octanol–water partition coefficient (Wildman–Crippen LogP) is 0.869. The Morgan fingerprint density at radius 2 is 2.08 bits per heavy atom. The molecule has 1 fully saturated rings. The number of carbonyl (C=O) groups is 1. The number of nitrogens with zero attached hydrogens (tertiary/aromatic N) is 1. The molecule has 3 N–H and O–H groups in total. The van der Waals surface area contributed by atoms with E-state index in [-0.39, 0.29) is 18.5 Å². The first kappa shape index (κ1) is 17.5. The minimum atomic E-state index is -0.739. The molecule has 0 unspecified atom stereocenters. The van der Waals surface area contributed by atoms with Gasteiger partial charge in [0.05, 0.1) is 24.4 Å². The smallest absolute Gasteiger partial charge is 0.251 e. The fourth-order valence-electron chi connectivity index (χ4n) is 2.68. The highest BCUT2D eigenvalue weighted by molar-refractivity contribution is 5.94. The molecule has 0 saturated carbocycles. The van der Waals surface area contributed by atoms with Gasteiger partial charge in [0.15, 0.2) is 0 Å². The van der Waals surface area contributed by atoms with Crippen LogP contribution in [-0.4, -0.2) is 47.4 Å². The summed E-state index contributed by atoms with van der Waals surface area (Å²) in [5, 5.41) is 16.2. The van der Waals surface area contributed by atoms with Crippen molar-refractivity contribution in [2.24, 2.45) is 0 Å². The van der Waals surface area contributed by atoms with Crippen LogP contribution in [0, 0.1) is 5.82 Å². The zero-order valence-electron chi connectivity index (χ0n) is 13.6. The Bertz CT molecular complexity index is 696. The molecule has 1 aromatic carbocycles. The first-order chi connectivity index (χ1) is 12.1. The second-order valence-electron chi connectivity index (χ2n) is 5.89. The fraction of sp³-hybridized carbons (Fsp3) is 0.333. The van der Waals surface area contributed by atoms with Crippen LogP contribution in [0.1, 0.15) is 16.1 Å². The number of hydrogen-bond donors (Lipinski definition) is 3. The Balaban J connectivity index is 1.46. The second kappa shape index (κ2) is 8.15. The number of nitrogens with one attached hydrogen (secondary N) is 2. The van der Waals surface area contributed by atoms with Crippen molar-refractivity contribution < 1.29 is 19.0 Å². The van der Waals surface area contributed by atoms with E-state index in [1.807, 2.05) is 18.2 Å². The van der Waals surface area contributed by atoms with E-state index in [4.69, 9.17) is 4.74 Å². The zero-order valence-corrected chi connectivity index (χ0v) is 13.6. The van der Waals surface area contributed by atoms with E-state index in [0.717, 1.165) is 5.69 Å². The lowest BCUT2D eigenvalue weighted by Crippen LogP contribution is -2.44. The molecule has 2 aromatic rings. The first-order valence-corrected chi connectivity index (χ1v) is 8.10.